The number of aromatic nitrogens is 3. The summed E-state index contributed by atoms with van der Waals surface area (Å²) in [5, 5.41) is 31.0. The smallest absolute Gasteiger partial charge is 0.242 e. The van der Waals surface area contributed by atoms with Crippen LogP contribution in [-0.4, -0.2) is 37.7 Å². The highest BCUT2D eigenvalue weighted by Crippen LogP contribution is 2.35. The average Bonchev–Trinajstić information content (AvgIpc) is 3.10. The van der Waals surface area contributed by atoms with Crippen LogP contribution in [0.2, 0.25) is 0 Å². The van der Waals surface area contributed by atoms with Crippen LogP contribution in [0.1, 0.15) is 49.4 Å². The molecule has 3 rings (SSSR count). The molecule has 0 saturated heterocycles. The molecule has 2 aromatic rings. The summed E-state index contributed by atoms with van der Waals surface area (Å²) in [5.41, 5.74) is 0.445. The summed E-state index contributed by atoms with van der Waals surface area (Å²) < 4.78 is 1.43. The summed E-state index contributed by atoms with van der Waals surface area (Å²) in [6.07, 6.45) is 6.07. The number of aliphatic hydroxyl groups is 2. The molecule has 1 aromatic heterocycles. The molecule has 1 aliphatic rings. The Morgan fingerprint density at radius 3 is 2.64 bits per heavy atom. The predicted octanol–water partition coefficient (Wildman–Crippen LogP) is 1.28. The van der Waals surface area contributed by atoms with Crippen molar-refractivity contribution in [2.24, 2.45) is 0 Å². The third kappa shape index (κ3) is 4.24. The van der Waals surface area contributed by atoms with Gasteiger partial charge in [-0.15, -0.1) is 5.10 Å². The van der Waals surface area contributed by atoms with Crippen LogP contribution >= 0.6 is 0 Å². The van der Waals surface area contributed by atoms with Gasteiger partial charge in [-0.05, 0) is 18.4 Å². The van der Waals surface area contributed by atoms with E-state index in [1.807, 2.05) is 30.3 Å². The average molecular weight is 344 g/mol. The van der Waals surface area contributed by atoms with E-state index in [1.54, 1.807) is 6.20 Å². The van der Waals surface area contributed by atoms with Crippen LogP contribution in [0, 0.1) is 0 Å². The third-order valence-corrected chi connectivity index (χ3v) is 4.72. The summed E-state index contributed by atoms with van der Waals surface area (Å²) in [6.45, 7) is -0.190. The monoisotopic (exact) mass is 344 g/mol. The fourth-order valence-corrected chi connectivity index (χ4v) is 3.29. The van der Waals surface area contributed by atoms with Crippen molar-refractivity contribution in [2.75, 3.05) is 6.61 Å². The van der Waals surface area contributed by atoms with Gasteiger partial charge >= 0.3 is 0 Å². The fourth-order valence-electron chi connectivity index (χ4n) is 3.29. The summed E-state index contributed by atoms with van der Waals surface area (Å²) in [7, 11) is 0. The molecule has 0 aliphatic heterocycles. The van der Waals surface area contributed by atoms with E-state index in [0.717, 1.165) is 24.8 Å². The topological polar surface area (TPSA) is 100 Å². The van der Waals surface area contributed by atoms with Gasteiger partial charge in [0.2, 0.25) is 5.91 Å². The number of aliphatic hydroxyl groups excluding tert-OH is 1. The van der Waals surface area contributed by atoms with Crippen LogP contribution in [0.25, 0.3) is 0 Å². The van der Waals surface area contributed by atoms with E-state index in [9.17, 15) is 15.0 Å². The molecular formula is C18H24N4O3. The Kier molecular flexibility index (Phi) is 5.45. The molecule has 1 amide bonds. The molecular weight excluding hydrogens is 320 g/mol. The Balaban J connectivity index is 1.61. The molecule has 0 radical (unpaired) electrons. The second-order valence-electron chi connectivity index (χ2n) is 6.61. The summed E-state index contributed by atoms with van der Waals surface area (Å²) in [4.78, 5) is 12.2. The maximum atomic E-state index is 12.2. The van der Waals surface area contributed by atoms with Crippen molar-refractivity contribution >= 4 is 5.91 Å². The summed E-state index contributed by atoms with van der Waals surface area (Å²) in [6, 6.07) is 8.85. The van der Waals surface area contributed by atoms with E-state index in [4.69, 9.17) is 0 Å². The van der Waals surface area contributed by atoms with E-state index in [0.29, 0.717) is 18.5 Å². The van der Waals surface area contributed by atoms with E-state index >= 15 is 0 Å². The van der Waals surface area contributed by atoms with Crippen LogP contribution in [0.15, 0.2) is 36.5 Å². The zero-order valence-corrected chi connectivity index (χ0v) is 14.1. The quantitative estimate of drug-likeness (QED) is 0.733. The van der Waals surface area contributed by atoms with Crippen molar-refractivity contribution in [1.29, 1.82) is 0 Å². The third-order valence-electron chi connectivity index (χ3n) is 4.72. The van der Waals surface area contributed by atoms with Crippen LogP contribution in [-0.2, 0) is 16.9 Å². The lowest BCUT2D eigenvalue weighted by Gasteiger charge is -2.29. The second kappa shape index (κ2) is 7.76. The molecule has 1 atom stereocenters. The number of rotatable bonds is 6. The van der Waals surface area contributed by atoms with E-state index in [-0.39, 0.29) is 19.1 Å². The lowest BCUT2D eigenvalue weighted by Crippen LogP contribution is -2.33. The van der Waals surface area contributed by atoms with Crippen molar-refractivity contribution in [2.45, 2.75) is 50.3 Å². The number of nitrogens with zero attached hydrogens (tertiary/aromatic N) is 3. The van der Waals surface area contributed by atoms with Crippen molar-refractivity contribution in [3.05, 3.63) is 47.8 Å². The minimum absolute atomic E-state index is 0.00753. The molecule has 3 N–H and O–H groups in total. The van der Waals surface area contributed by atoms with Gasteiger partial charge in [-0.2, -0.15) is 0 Å². The maximum absolute atomic E-state index is 12.2. The summed E-state index contributed by atoms with van der Waals surface area (Å²) in [5.74, 6) is -0.269. The number of carbonyl (C=O) groups is 1. The van der Waals surface area contributed by atoms with Gasteiger partial charge in [0, 0.05) is 0 Å². The Hall–Kier alpha value is -2.25. The number of hydrogen-bond donors (Lipinski definition) is 3. The van der Waals surface area contributed by atoms with E-state index in [1.165, 1.54) is 4.68 Å². The Morgan fingerprint density at radius 1 is 1.24 bits per heavy atom. The van der Waals surface area contributed by atoms with Crippen molar-refractivity contribution in [3.63, 3.8) is 0 Å². The fraction of sp³-hybridized carbons (Fsp3) is 0.500. The predicted molar refractivity (Wildman–Crippen MR) is 91.4 cm³/mol. The second-order valence-corrected chi connectivity index (χ2v) is 6.61. The highest BCUT2D eigenvalue weighted by atomic mass is 16.3. The molecule has 25 heavy (non-hydrogen) atoms. The molecule has 7 nitrogen and oxygen atoms in total. The molecule has 0 bridgehead atoms. The van der Waals surface area contributed by atoms with Gasteiger partial charge in [0.05, 0.1) is 18.8 Å². The number of benzene rings is 1. The molecule has 1 saturated carbocycles. The normalized spacial score (nSPS) is 17.8. The molecule has 7 heteroatoms. The van der Waals surface area contributed by atoms with Gasteiger partial charge < -0.3 is 15.5 Å². The largest absolute Gasteiger partial charge is 0.394 e. The van der Waals surface area contributed by atoms with Gasteiger partial charge in [0.25, 0.3) is 0 Å². The highest BCUT2D eigenvalue weighted by molar-refractivity contribution is 5.76. The number of hydrogen-bond acceptors (Lipinski definition) is 5. The van der Waals surface area contributed by atoms with Gasteiger partial charge in [-0.3, -0.25) is 4.79 Å². The van der Waals surface area contributed by atoms with Gasteiger partial charge in [0.15, 0.2) is 0 Å². The minimum Gasteiger partial charge on any atom is -0.394 e. The Morgan fingerprint density at radius 2 is 1.96 bits per heavy atom. The number of carbonyl (C=O) groups excluding carboxylic acids is 1. The van der Waals surface area contributed by atoms with Crippen LogP contribution in [0.5, 0.6) is 0 Å². The van der Waals surface area contributed by atoms with Crippen molar-refractivity contribution in [1.82, 2.24) is 20.3 Å². The molecule has 0 unspecified atom stereocenters. The van der Waals surface area contributed by atoms with Gasteiger partial charge in [-0.1, -0.05) is 54.8 Å². The first-order chi connectivity index (χ1) is 12.1. The first-order valence-electron chi connectivity index (χ1n) is 8.69. The van der Waals surface area contributed by atoms with Crippen LogP contribution < -0.4 is 5.32 Å². The number of nitrogens with one attached hydrogen (secondary N) is 1. The van der Waals surface area contributed by atoms with Crippen molar-refractivity contribution in [3.8, 4) is 0 Å². The lowest BCUT2D eigenvalue weighted by molar-refractivity contribution is -0.123. The first-order valence-corrected chi connectivity index (χ1v) is 8.69. The molecule has 134 valence electrons. The number of amides is 1. The molecule has 1 aromatic carbocycles. The van der Waals surface area contributed by atoms with Gasteiger partial charge in [0.1, 0.15) is 17.8 Å². The SMILES string of the molecule is O=C(Cn1cc(C2(O)CCCCC2)nn1)N[C@@H](CO)c1ccccc1. The van der Waals surface area contributed by atoms with Crippen LogP contribution in [0.3, 0.4) is 0 Å². The Bertz CT molecular complexity index is 695. The highest BCUT2D eigenvalue weighted by Gasteiger charge is 2.34. The lowest BCUT2D eigenvalue weighted by atomic mass is 9.83. The van der Waals surface area contributed by atoms with Crippen LogP contribution in [0.4, 0.5) is 0 Å². The zero-order valence-electron chi connectivity index (χ0n) is 14.1. The standard InChI is InChI=1S/C18H24N4O3/c23-13-15(14-7-3-1-4-8-14)19-17(24)12-22-11-16(20-21-22)18(25)9-5-2-6-10-18/h1,3-4,7-8,11,15,23,25H,2,5-6,9-10,12-13H2,(H,19,24)/t15-/m0/s1. The van der Waals surface area contributed by atoms with E-state index < -0.39 is 11.6 Å². The molecule has 1 heterocycles. The Labute approximate surface area is 146 Å². The molecule has 1 aliphatic carbocycles. The van der Waals surface area contributed by atoms with Crippen molar-refractivity contribution < 1.29 is 15.0 Å². The zero-order chi connectivity index (χ0) is 17.7. The minimum atomic E-state index is -0.926. The first kappa shape index (κ1) is 17.6. The maximum Gasteiger partial charge on any atom is 0.242 e. The summed E-state index contributed by atoms with van der Waals surface area (Å²) >= 11 is 0. The molecule has 1 fully saturated rings. The molecule has 0 spiro atoms. The van der Waals surface area contributed by atoms with E-state index in [2.05, 4.69) is 15.6 Å². The van der Waals surface area contributed by atoms with Gasteiger partial charge in [-0.25, -0.2) is 4.68 Å².